The smallest absolute Gasteiger partial charge is 0.277 e. The summed E-state index contributed by atoms with van der Waals surface area (Å²) in [6, 6.07) is 13.2. The fraction of sp³-hybridized carbons (Fsp3) is 0.333. The quantitative estimate of drug-likeness (QED) is 0.642. The van der Waals surface area contributed by atoms with Crippen molar-refractivity contribution < 1.29 is 23.8 Å². The van der Waals surface area contributed by atoms with Crippen molar-refractivity contribution in [1.82, 2.24) is 9.80 Å². The highest BCUT2D eigenvalue weighted by Crippen LogP contribution is 2.37. The van der Waals surface area contributed by atoms with Crippen molar-refractivity contribution in [2.45, 2.75) is 0 Å². The third-order valence-electron chi connectivity index (χ3n) is 5.96. The zero-order valence-electron chi connectivity index (χ0n) is 18.8. The number of ether oxygens (including phenoxy) is 3. The lowest BCUT2D eigenvalue weighted by molar-refractivity contribution is -0.135. The third kappa shape index (κ3) is 3.62. The van der Waals surface area contributed by atoms with Crippen LogP contribution < -0.4 is 19.1 Å². The molecule has 2 aliphatic rings. The lowest BCUT2D eigenvalue weighted by Gasteiger charge is -2.38. The summed E-state index contributed by atoms with van der Waals surface area (Å²) in [5.74, 6) is 1.29. The van der Waals surface area contributed by atoms with Crippen LogP contribution in [0.15, 0.2) is 48.2 Å². The van der Waals surface area contributed by atoms with E-state index >= 15 is 0 Å². The molecule has 4 rings (SSSR count). The summed E-state index contributed by atoms with van der Waals surface area (Å²) in [6.07, 6.45) is 0. The minimum atomic E-state index is -0.315. The molecule has 2 aromatic rings. The summed E-state index contributed by atoms with van der Waals surface area (Å²) in [5.41, 5.74) is 2.48. The van der Waals surface area contributed by atoms with Crippen LogP contribution in [-0.4, -0.2) is 76.2 Å². The van der Waals surface area contributed by atoms with Gasteiger partial charge in [-0.15, -0.1) is 0 Å². The largest absolute Gasteiger partial charge is 0.495 e. The molecule has 8 nitrogen and oxygen atoms in total. The number of piperazine rings is 1. The molecule has 0 radical (unpaired) electrons. The van der Waals surface area contributed by atoms with E-state index in [0.29, 0.717) is 54.5 Å². The van der Waals surface area contributed by atoms with E-state index in [2.05, 4.69) is 4.90 Å². The van der Waals surface area contributed by atoms with Crippen LogP contribution in [0.1, 0.15) is 5.56 Å². The summed E-state index contributed by atoms with van der Waals surface area (Å²) in [4.78, 5) is 31.5. The predicted octanol–water partition coefficient (Wildman–Crippen LogP) is 2.24. The van der Waals surface area contributed by atoms with Crippen molar-refractivity contribution in [3.8, 4) is 17.2 Å². The highest BCUT2D eigenvalue weighted by atomic mass is 16.5. The summed E-state index contributed by atoms with van der Waals surface area (Å²) in [7, 11) is 6.28. The number of benzene rings is 2. The van der Waals surface area contributed by atoms with Crippen LogP contribution in [0.25, 0.3) is 5.57 Å². The number of anilines is 1. The number of likely N-dealkylation sites (N-methyl/N-ethyl adjacent to an activating group) is 1. The lowest BCUT2D eigenvalue weighted by Crippen LogP contribution is -2.47. The van der Waals surface area contributed by atoms with Crippen LogP contribution in [0.5, 0.6) is 17.2 Å². The number of amides is 2. The second-order valence-corrected chi connectivity index (χ2v) is 7.61. The molecule has 0 bridgehead atoms. The number of para-hydroxylation sites is 2. The highest BCUT2D eigenvalue weighted by Gasteiger charge is 2.40. The zero-order valence-corrected chi connectivity index (χ0v) is 18.8. The van der Waals surface area contributed by atoms with Crippen LogP contribution in [0.4, 0.5) is 5.69 Å². The Bertz CT molecular complexity index is 1070. The topological polar surface area (TPSA) is 71.6 Å². The van der Waals surface area contributed by atoms with Crippen molar-refractivity contribution in [2.75, 3.05) is 59.5 Å². The molecule has 2 heterocycles. The molecule has 0 unspecified atom stereocenters. The van der Waals surface area contributed by atoms with Gasteiger partial charge in [0.15, 0.2) is 11.5 Å². The van der Waals surface area contributed by atoms with Gasteiger partial charge in [0.2, 0.25) is 0 Å². The molecule has 0 saturated carbocycles. The minimum absolute atomic E-state index is 0.287. The van der Waals surface area contributed by atoms with E-state index in [-0.39, 0.29) is 11.8 Å². The number of hydrogen-bond acceptors (Lipinski definition) is 7. The van der Waals surface area contributed by atoms with Crippen LogP contribution in [0.2, 0.25) is 0 Å². The average molecular weight is 437 g/mol. The molecule has 0 spiro atoms. The molecule has 0 aromatic heterocycles. The molecule has 1 saturated heterocycles. The van der Waals surface area contributed by atoms with Crippen LogP contribution in [-0.2, 0) is 9.59 Å². The Kier molecular flexibility index (Phi) is 5.94. The molecule has 2 amide bonds. The van der Waals surface area contributed by atoms with Crippen LogP contribution in [0.3, 0.4) is 0 Å². The van der Waals surface area contributed by atoms with E-state index in [9.17, 15) is 9.59 Å². The van der Waals surface area contributed by atoms with Gasteiger partial charge in [-0.3, -0.25) is 14.5 Å². The molecular formula is C24H27N3O5. The first-order valence-corrected chi connectivity index (χ1v) is 10.4. The number of imide groups is 1. The van der Waals surface area contributed by atoms with Gasteiger partial charge in [0.05, 0.1) is 32.6 Å². The maximum Gasteiger partial charge on any atom is 0.277 e. The molecule has 8 heteroatoms. The van der Waals surface area contributed by atoms with Crippen LogP contribution >= 0.6 is 0 Å². The van der Waals surface area contributed by atoms with Gasteiger partial charge in [-0.1, -0.05) is 18.2 Å². The molecule has 1 fully saturated rings. The number of nitrogens with zero attached hydrogens (tertiary/aromatic N) is 3. The maximum atomic E-state index is 13.0. The lowest BCUT2D eigenvalue weighted by atomic mass is 10.0. The predicted molar refractivity (Wildman–Crippen MR) is 121 cm³/mol. The van der Waals surface area contributed by atoms with Gasteiger partial charge < -0.3 is 24.0 Å². The van der Waals surface area contributed by atoms with Crippen LogP contribution in [0, 0.1) is 0 Å². The Morgan fingerprint density at radius 1 is 0.719 bits per heavy atom. The molecule has 32 heavy (non-hydrogen) atoms. The maximum absolute atomic E-state index is 13.0. The van der Waals surface area contributed by atoms with Crippen molar-refractivity contribution in [2.24, 2.45) is 0 Å². The van der Waals surface area contributed by atoms with Crippen molar-refractivity contribution in [3.63, 3.8) is 0 Å². The number of hydrogen-bond donors (Lipinski definition) is 0. The second kappa shape index (κ2) is 8.82. The van der Waals surface area contributed by atoms with Gasteiger partial charge in [0.25, 0.3) is 11.8 Å². The zero-order chi connectivity index (χ0) is 22.8. The van der Waals surface area contributed by atoms with E-state index in [0.717, 1.165) is 11.4 Å². The number of carbonyl (C=O) groups excluding carboxylic acids is 2. The highest BCUT2D eigenvalue weighted by molar-refractivity contribution is 6.35. The molecule has 0 aliphatic carbocycles. The minimum Gasteiger partial charge on any atom is -0.495 e. The van der Waals surface area contributed by atoms with Gasteiger partial charge in [0, 0.05) is 33.2 Å². The first-order valence-electron chi connectivity index (χ1n) is 10.4. The number of carbonyl (C=O) groups is 2. The van der Waals surface area contributed by atoms with Gasteiger partial charge in [0.1, 0.15) is 11.4 Å². The monoisotopic (exact) mass is 437 g/mol. The van der Waals surface area contributed by atoms with E-state index < -0.39 is 0 Å². The molecule has 0 atom stereocenters. The van der Waals surface area contributed by atoms with Gasteiger partial charge in [-0.05, 0) is 29.8 Å². The Morgan fingerprint density at radius 2 is 1.34 bits per heavy atom. The Balaban J connectivity index is 1.65. The van der Waals surface area contributed by atoms with E-state index in [1.165, 1.54) is 11.9 Å². The Hall–Kier alpha value is -3.68. The molecule has 168 valence electrons. The first-order chi connectivity index (χ1) is 15.5. The molecule has 2 aliphatic heterocycles. The normalized spacial score (nSPS) is 16.7. The fourth-order valence-corrected chi connectivity index (χ4v) is 4.23. The SMILES string of the molecule is COc1ccc(C2=C(N3CCN(c4ccccc4OC)CC3)C(=O)N(C)C2=O)cc1OC. The summed E-state index contributed by atoms with van der Waals surface area (Å²) >= 11 is 0. The first kappa shape index (κ1) is 21.5. The van der Waals surface area contributed by atoms with Crippen molar-refractivity contribution in [3.05, 3.63) is 53.7 Å². The Labute approximate surface area is 187 Å². The van der Waals surface area contributed by atoms with E-state index in [4.69, 9.17) is 14.2 Å². The second-order valence-electron chi connectivity index (χ2n) is 7.61. The average Bonchev–Trinajstić information content (AvgIpc) is 3.07. The van der Waals surface area contributed by atoms with Gasteiger partial charge >= 0.3 is 0 Å². The van der Waals surface area contributed by atoms with E-state index in [1.54, 1.807) is 39.5 Å². The number of methoxy groups -OCH3 is 3. The summed E-state index contributed by atoms with van der Waals surface area (Å²) in [5, 5.41) is 0. The summed E-state index contributed by atoms with van der Waals surface area (Å²) in [6.45, 7) is 2.62. The van der Waals surface area contributed by atoms with E-state index in [1.807, 2.05) is 29.2 Å². The van der Waals surface area contributed by atoms with Crippen molar-refractivity contribution >= 4 is 23.1 Å². The van der Waals surface area contributed by atoms with Gasteiger partial charge in [-0.25, -0.2) is 0 Å². The fourth-order valence-electron chi connectivity index (χ4n) is 4.23. The summed E-state index contributed by atoms with van der Waals surface area (Å²) < 4.78 is 16.2. The molecular weight excluding hydrogens is 410 g/mol. The van der Waals surface area contributed by atoms with Crippen molar-refractivity contribution in [1.29, 1.82) is 0 Å². The van der Waals surface area contributed by atoms with Gasteiger partial charge in [-0.2, -0.15) is 0 Å². The molecule has 0 N–H and O–H groups in total. The Morgan fingerprint density at radius 3 is 2.00 bits per heavy atom. The standard InChI is InChI=1S/C24H27N3O5/c1-25-23(28)21(16-9-10-19(31-3)20(15-16)32-4)22(24(25)29)27-13-11-26(12-14-27)17-7-5-6-8-18(17)30-2/h5-10,15H,11-14H2,1-4H3. The third-order valence-corrected chi connectivity index (χ3v) is 5.96. The molecule has 2 aromatic carbocycles. The number of rotatable bonds is 6.